The first-order valence-corrected chi connectivity index (χ1v) is 10.5. The van der Waals surface area contributed by atoms with Crippen molar-refractivity contribution in [2.24, 2.45) is 7.05 Å². The van der Waals surface area contributed by atoms with Crippen molar-refractivity contribution in [3.8, 4) is 0 Å². The van der Waals surface area contributed by atoms with Gasteiger partial charge in [0.05, 0.1) is 5.39 Å². The summed E-state index contributed by atoms with van der Waals surface area (Å²) in [5, 5.41) is 12.3. The number of hydrogen-bond donors (Lipinski definition) is 1. The summed E-state index contributed by atoms with van der Waals surface area (Å²) in [6.07, 6.45) is 0.786. The Labute approximate surface area is 188 Å². The minimum atomic E-state index is -0.250. The molecule has 1 N–H and O–H groups in total. The normalized spacial score (nSPS) is 14.0. The first kappa shape index (κ1) is 22.0. The largest absolute Gasteiger partial charge is 0.483 e. The summed E-state index contributed by atoms with van der Waals surface area (Å²) < 4.78 is 7.13. The third-order valence-electron chi connectivity index (χ3n) is 5.50. The molecule has 2 aromatic heterocycles. The third-order valence-corrected chi connectivity index (χ3v) is 5.50. The van der Waals surface area contributed by atoms with Gasteiger partial charge in [0, 0.05) is 38.6 Å². The number of carbonyl (C=O) groups excluding carboxylic acids is 1. The molecule has 170 valence electrons. The van der Waals surface area contributed by atoms with Crippen LogP contribution in [0.25, 0.3) is 21.9 Å². The van der Waals surface area contributed by atoms with Gasteiger partial charge in [-0.1, -0.05) is 30.3 Å². The van der Waals surface area contributed by atoms with E-state index in [0.29, 0.717) is 42.1 Å². The predicted molar refractivity (Wildman–Crippen MR) is 122 cm³/mol. The minimum absolute atomic E-state index is 0.166. The van der Waals surface area contributed by atoms with Crippen molar-refractivity contribution < 1.29 is 19.1 Å². The average Bonchev–Trinajstić information content (AvgIpc) is 3.11. The van der Waals surface area contributed by atoms with Crippen molar-refractivity contribution in [3.05, 3.63) is 64.6 Å². The highest BCUT2D eigenvalue weighted by molar-refractivity contribution is 6.04. The first-order valence-electron chi connectivity index (χ1n) is 10.5. The molecular formula is C23H23N5O5. The molecular weight excluding hydrogens is 426 g/mol. The fraction of sp³-hybridized carbons (Fsp3) is 0.261. The Kier molecular flexibility index (Phi) is 6.34. The van der Waals surface area contributed by atoms with Gasteiger partial charge in [-0.15, -0.1) is 0 Å². The van der Waals surface area contributed by atoms with Gasteiger partial charge in [-0.05, 0) is 24.6 Å². The highest BCUT2D eigenvalue weighted by Crippen LogP contribution is 2.23. The number of carbonyl (C=O) groups is 2. The van der Waals surface area contributed by atoms with E-state index in [0.717, 1.165) is 24.1 Å². The molecule has 1 saturated heterocycles. The number of nitrogens with zero attached hydrogens (tertiary/aromatic N) is 5. The number of aryl methyl sites for hydroxylation is 1. The van der Waals surface area contributed by atoms with Crippen LogP contribution in [-0.4, -0.2) is 63.3 Å². The molecule has 1 aliphatic heterocycles. The molecule has 0 bridgehead atoms. The van der Waals surface area contributed by atoms with E-state index >= 15 is 0 Å². The van der Waals surface area contributed by atoms with E-state index in [4.69, 9.17) is 14.3 Å². The number of oxazole rings is 1. The molecule has 1 aliphatic rings. The minimum Gasteiger partial charge on any atom is -0.483 e. The summed E-state index contributed by atoms with van der Waals surface area (Å²) in [5.74, 6) is -0.166. The standard InChI is InChI=1S/C22H21N5O3.CH2O2/c1-25-20(28)16-8-3-2-7-15(16)19(24-25)21(29)26-11-6-12-27(14-13-26)22-23-17-9-4-5-10-18(17)30-22;2-1-3/h2-5,7-10H,6,11-14H2,1H3;1H,(H,2,3). The van der Waals surface area contributed by atoms with E-state index in [-0.39, 0.29) is 17.9 Å². The summed E-state index contributed by atoms with van der Waals surface area (Å²) in [5.41, 5.74) is 1.68. The smallest absolute Gasteiger partial charge is 0.298 e. The van der Waals surface area contributed by atoms with Gasteiger partial charge in [0.25, 0.3) is 24.0 Å². The van der Waals surface area contributed by atoms with Crippen LogP contribution in [0.4, 0.5) is 6.01 Å². The molecule has 0 aliphatic carbocycles. The van der Waals surface area contributed by atoms with Crippen molar-refractivity contribution in [2.75, 3.05) is 31.1 Å². The molecule has 0 saturated carbocycles. The lowest BCUT2D eigenvalue weighted by molar-refractivity contribution is -0.122. The van der Waals surface area contributed by atoms with E-state index in [1.807, 2.05) is 30.3 Å². The maximum absolute atomic E-state index is 13.3. The molecule has 0 spiro atoms. The molecule has 2 aromatic carbocycles. The fourth-order valence-corrected chi connectivity index (χ4v) is 3.91. The van der Waals surface area contributed by atoms with E-state index in [2.05, 4.69) is 15.0 Å². The number of fused-ring (bicyclic) bond motifs is 2. The summed E-state index contributed by atoms with van der Waals surface area (Å²) in [6.45, 7) is 2.24. The van der Waals surface area contributed by atoms with Gasteiger partial charge < -0.3 is 19.3 Å². The SMILES string of the molecule is Cn1nc(C(=O)N2CCCN(c3nc4ccccc4o3)CC2)c2ccccc2c1=O.O=CO. The van der Waals surface area contributed by atoms with Crippen molar-refractivity contribution >= 4 is 40.3 Å². The first-order chi connectivity index (χ1) is 16.0. The van der Waals surface area contributed by atoms with Crippen LogP contribution in [0.5, 0.6) is 0 Å². The van der Waals surface area contributed by atoms with Crippen LogP contribution >= 0.6 is 0 Å². The molecule has 3 heterocycles. The Morgan fingerprint density at radius 1 is 1.03 bits per heavy atom. The molecule has 10 heteroatoms. The predicted octanol–water partition coefficient (Wildman–Crippen LogP) is 2.13. The zero-order valence-corrected chi connectivity index (χ0v) is 18.0. The average molecular weight is 449 g/mol. The number of rotatable bonds is 2. The number of carboxylic acid groups (broad SMARTS) is 1. The topological polar surface area (TPSA) is 122 Å². The number of anilines is 1. The molecule has 1 amide bonds. The van der Waals surface area contributed by atoms with E-state index in [1.165, 1.54) is 4.68 Å². The second kappa shape index (κ2) is 9.51. The number of para-hydroxylation sites is 2. The van der Waals surface area contributed by atoms with E-state index in [9.17, 15) is 9.59 Å². The summed E-state index contributed by atoms with van der Waals surface area (Å²) in [4.78, 5) is 42.5. The lowest BCUT2D eigenvalue weighted by Gasteiger charge is -2.21. The van der Waals surface area contributed by atoms with Crippen LogP contribution in [0.15, 0.2) is 57.7 Å². The molecule has 5 rings (SSSR count). The summed E-state index contributed by atoms with van der Waals surface area (Å²) in [6, 6.07) is 15.4. The number of aromatic nitrogens is 3. The summed E-state index contributed by atoms with van der Waals surface area (Å²) in [7, 11) is 1.57. The Hall–Kier alpha value is -4.21. The van der Waals surface area contributed by atoms with Gasteiger partial charge in [-0.25, -0.2) is 4.68 Å². The van der Waals surface area contributed by atoms with Crippen LogP contribution in [0.3, 0.4) is 0 Å². The van der Waals surface area contributed by atoms with Crippen LogP contribution < -0.4 is 10.5 Å². The maximum atomic E-state index is 13.3. The summed E-state index contributed by atoms with van der Waals surface area (Å²) >= 11 is 0. The lowest BCUT2D eigenvalue weighted by atomic mass is 10.1. The third kappa shape index (κ3) is 4.40. The number of hydrogen-bond acceptors (Lipinski definition) is 7. The Morgan fingerprint density at radius 3 is 2.48 bits per heavy atom. The number of amides is 1. The van der Waals surface area contributed by atoms with E-state index < -0.39 is 0 Å². The van der Waals surface area contributed by atoms with Crippen molar-refractivity contribution in [1.82, 2.24) is 19.7 Å². The molecule has 10 nitrogen and oxygen atoms in total. The Bertz CT molecular complexity index is 1330. The number of benzene rings is 2. The molecule has 0 atom stereocenters. The Morgan fingerprint density at radius 2 is 1.73 bits per heavy atom. The second-order valence-corrected chi connectivity index (χ2v) is 7.53. The van der Waals surface area contributed by atoms with Gasteiger partial charge in [0.1, 0.15) is 5.52 Å². The van der Waals surface area contributed by atoms with Crippen molar-refractivity contribution in [1.29, 1.82) is 0 Å². The van der Waals surface area contributed by atoms with Crippen LogP contribution in [0, 0.1) is 0 Å². The monoisotopic (exact) mass is 449 g/mol. The van der Waals surface area contributed by atoms with Gasteiger partial charge in [0.15, 0.2) is 11.3 Å². The highest BCUT2D eigenvalue weighted by atomic mass is 16.4. The quantitative estimate of drug-likeness (QED) is 0.462. The van der Waals surface area contributed by atoms with Gasteiger partial charge in [-0.2, -0.15) is 10.1 Å². The molecule has 0 unspecified atom stereocenters. The zero-order valence-electron chi connectivity index (χ0n) is 18.0. The van der Waals surface area contributed by atoms with Crippen LogP contribution in [0.1, 0.15) is 16.9 Å². The Balaban J connectivity index is 0.000000821. The molecule has 33 heavy (non-hydrogen) atoms. The molecule has 1 fully saturated rings. The van der Waals surface area contributed by atoms with Crippen molar-refractivity contribution in [3.63, 3.8) is 0 Å². The fourth-order valence-electron chi connectivity index (χ4n) is 3.91. The molecule has 4 aromatic rings. The lowest BCUT2D eigenvalue weighted by Crippen LogP contribution is -2.37. The highest BCUT2D eigenvalue weighted by Gasteiger charge is 2.25. The zero-order chi connectivity index (χ0) is 23.4. The maximum Gasteiger partial charge on any atom is 0.298 e. The second-order valence-electron chi connectivity index (χ2n) is 7.53. The van der Waals surface area contributed by atoms with Crippen LogP contribution in [-0.2, 0) is 11.8 Å². The van der Waals surface area contributed by atoms with Gasteiger partial charge in [0.2, 0.25) is 0 Å². The van der Waals surface area contributed by atoms with Crippen LogP contribution in [0.2, 0.25) is 0 Å². The van der Waals surface area contributed by atoms with E-state index in [1.54, 1.807) is 30.1 Å². The van der Waals surface area contributed by atoms with Gasteiger partial charge >= 0.3 is 0 Å². The van der Waals surface area contributed by atoms with Crippen molar-refractivity contribution in [2.45, 2.75) is 6.42 Å². The van der Waals surface area contributed by atoms with Gasteiger partial charge in [-0.3, -0.25) is 14.4 Å². The molecule has 0 radical (unpaired) electrons.